The van der Waals surface area contributed by atoms with Gasteiger partial charge in [0, 0.05) is 11.6 Å². The summed E-state index contributed by atoms with van der Waals surface area (Å²) in [4.78, 5) is 31.1. The lowest BCUT2D eigenvalue weighted by atomic mass is 9.92. The van der Waals surface area contributed by atoms with Crippen molar-refractivity contribution >= 4 is 22.8 Å². The normalized spacial score (nSPS) is 19.3. The molecule has 0 spiro atoms. The van der Waals surface area contributed by atoms with Crippen LogP contribution in [-0.4, -0.2) is 28.2 Å². The second kappa shape index (κ2) is 7.01. The van der Waals surface area contributed by atoms with Gasteiger partial charge in [0.05, 0.1) is 12.1 Å². The van der Waals surface area contributed by atoms with Gasteiger partial charge >= 0.3 is 12.4 Å². The Bertz CT molecular complexity index is 1130. The van der Waals surface area contributed by atoms with E-state index < -0.39 is 29.6 Å². The largest absolute Gasteiger partial charge is 0.573 e. The van der Waals surface area contributed by atoms with Crippen LogP contribution in [-0.2, 0) is 16.9 Å². The maximum Gasteiger partial charge on any atom is 0.573 e. The fourth-order valence-corrected chi connectivity index (χ4v) is 3.49. The minimum absolute atomic E-state index is 0.0177. The van der Waals surface area contributed by atoms with Crippen molar-refractivity contribution in [3.05, 3.63) is 71.9 Å². The molecular weight excluding hydrogens is 399 g/mol. The standard InChI is InChI=1S/C21H16F3N3O3/c1-20(15-7-9-16(10-8-15)30-21(22,23)24)18(28)27(19(29)26-20)12-14-5-2-4-13-6-3-11-25-17(13)14/h2-11H,12H2,1H3,(H,26,29). The van der Waals surface area contributed by atoms with Crippen LogP contribution >= 0.6 is 0 Å². The van der Waals surface area contributed by atoms with Gasteiger partial charge in [-0.25, -0.2) is 4.79 Å². The number of hydrogen-bond donors (Lipinski definition) is 1. The first kappa shape index (κ1) is 19.7. The molecule has 1 aliphatic rings. The number of urea groups is 1. The Kier molecular flexibility index (Phi) is 4.60. The number of nitrogens with zero attached hydrogens (tertiary/aromatic N) is 2. The molecule has 3 aromatic rings. The summed E-state index contributed by atoms with van der Waals surface area (Å²) in [6, 6.07) is 13.4. The van der Waals surface area contributed by atoms with Crippen LogP contribution in [0.4, 0.5) is 18.0 Å². The maximum absolute atomic E-state index is 13.1. The SMILES string of the molecule is CC1(c2ccc(OC(F)(F)F)cc2)NC(=O)N(Cc2cccc3cccnc23)C1=O. The first-order chi connectivity index (χ1) is 14.2. The third kappa shape index (κ3) is 3.54. The second-order valence-corrected chi connectivity index (χ2v) is 7.01. The smallest absolute Gasteiger partial charge is 0.406 e. The Labute approximate surface area is 169 Å². The molecule has 0 bridgehead atoms. The summed E-state index contributed by atoms with van der Waals surface area (Å²) in [6.45, 7) is 1.53. The lowest BCUT2D eigenvalue weighted by Gasteiger charge is -2.22. The van der Waals surface area contributed by atoms with Crippen molar-refractivity contribution < 1.29 is 27.5 Å². The van der Waals surface area contributed by atoms with Gasteiger partial charge in [0.15, 0.2) is 0 Å². The van der Waals surface area contributed by atoms with Crippen LogP contribution in [0.2, 0.25) is 0 Å². The number of carbonyl (C=O) groups is 2. The fraction of sp³-hybridized carbons (Fsp3) is 0.190. The molecule has 1 aromatic heterocycles. The summed E-state index contributed by atoms with van der Waals surface area (Å²) in [6.07, 6.45) is -3.18. The van der Waals surface area contributed by atoms with Crippen molar-refractivity contribution in [2.45, 2.75) is 25.4 Å². The van der Waals surface area contributed by atoms with Crippen LogP contribution in [0.15, 0.2) is 60.8 Å². The zero-order valence-electron chi connectivity index (χ0n) is 15.7. The number of ether oxygens (including phenoxy) is 1. The number of benzene rings is 2. The van der Waals surface area contributed by atoms with Gasteiger partial charge in [-0.2, -0.15) is 0 Å². The molecule has 9 heteroatoms. The molecule has 30 heavy (non-hydrogen) atoms. The van der Waals surface area contributed by atoms with Crippen molar-refractivity contribution in [1.82, 2.24) is 15.2 Å². The zero-order chi connectivity index (χ0) is 21.5. The molecule has 1 unspecified atom stereocenters. The Hall–Kier alpha value is -3.62. The Morgan fingerprint density at radius 3 is 2.47 bits per heavy atom. The summed E-state index contributed by atoms with van der Waals surface area (Å²) in [5.41, 5.74) is 0.317. The lowest BCUT2D eigenvalue weighted by Crippen LogP contribution is -2.40. The van der Waals surface area contributed by atoms with E-state index in [0.717, 1.165) is 22.4 Å². The van der Waals surface area contributed by atoms with Gasteiger partial charge in [0.2, 0.25) is 0 Å². The highest BCUT2D eigenvalue weighted by atomic mass is 19.4. The van der Waals surface area contributed by atoms with Crippen LogP contribution < -0.4 is 10.1 Å². The van der Waals surface area contributed by atoms with Crippen LogP contribution in [0.5, 0.6) is 5.75 Å². The van der Waals surface area contributed by atoms with Gasteiger partial charge in [-0.1, -0.05) is 36.4 Å². The number of imide groups is 1. The fourth-order valence-electron chi connectivity index (χ4n) is 3.49. The number of halogens is 3. The van der Waals surface area contributed by atoms with Gasteiger partial charge in [0.1, 0.15) is 11.3 Å². The minimum Gasteiger partial charge on any atom is -0.406 e. The van der Waals surface area contributed by atoms with E-state index in [0.29, 0.717) is 16.6 Å². The molecule has 0 aliphatic carbocycles. The number of fused-ring (bicyclic) bond motifs is 1. The highest BCUT2D eigenvalue weighted by Crippen LogP contribution is 2.32. The predicted molar refractivity (Wildman–Crippen MR) is 101 cm³/mol. The quantitative estimate of drug-likeness (QED) is 0.652. The van der Waals surface area contributed by atoms with Gasteiger partial charge in [0.25, 0.3) is 5.91 Å². The van der Waals surface area contributed by atoms with E-state index in [4.69, 9.17) is 0 Å². The van der Waals surface area contributed by atoms with Crippen molar-refractivity contribution in [2.75, 3.05) is 0 Å². The number of rotatable bonds is 4. The number of amides is 3. The summed E-state index contributed by atoms with van der Waals surface area (Å²) < 4.78 is 40.9. The molecule has 154 valence electrons. The molecule has 0 radical (unpaired) electrons. The highest BCUT2D eigenvalue weighted by Gasteiger charge is 2.49. The average molecular weight is 415 g/mol. The first-order valence-corrected chi connectivity index (χ1v) is 9.00. The summed E-state index contributed by atoms with van der Waals surface area (Å²) in [5.74, 6) is -0.921. The lowest BCUT2D eigenvalue weighted by molar-refractivity contribution is -0.274. The number of pyridine rings is 1. The molecule has 0 saturated carbocycles. The summed E-state index contributed by atoms with van der Waals surface area (Å²) in [7, 11) is 0. The molecule has 1 N–H and O–H groups in total. The molecule has 1 aliphatic heterocycles. The van der Waals surface area contributed by atoms with E-state index >= 15 is 0 Å². The first-order valence-electron chi connectivity index (χ1n) is 9.00. The van der Waals surface area contributed by atoms with Crippen molar-refractivity contribution in [3.8, 4) is 5.75 Å². The third-order valence-electron chi connectivity index (χ3n) is 4.98. The Balaban J connectivity index is 1.60. The van der Waals surface area contributed by atoms with Crippen molar-refractivity contribution in [1.29, 1.82) is 0 Å². The van der Waals surface area contributed by atoms with Crippen molar-refractivity contribution in [2.24, 2.45) is 0 Å². The third-order valence-corrected chi connectivity index (χ3v) is 4.98. The average Bonchev–Trinajstić information content (AvgIpc) is 2.91. The molecule has 2 heterocycles. The van der Waals surface area contributed by atoms with Crippen LogP contribution in [0.3, 0.4) is 0 Å². The van der Waals surface area contributed by atoms with Gasteiger partial charge in [-0.05, 0) is 36.2 Å². The van der Waals surface area contributed by atoms with E-state index in [1.54, 1.807) is 18.3 Å². The van der Waals surface area contributed by atoms with Gasteiger partial charge in [-0.3, -0.25) is 14.7 Å². The Morgan fingerprint density at radius 1 is 1.07 bits per heavy atom. The summed E-state index contributed by atoms with van der Waals surface area (Å²) in [5, 5.41) is 3.52. The summed E-state index contributed by atoms with van der Waals surface area (Å²) >= 11 is 0. The van der Waals surface area contributed by atoms with Gasteiger partial charge < -0.3 is 10.1 Å². The topological polar surface area (TPSA) is 71.5 Å². The Morgan fingerprint density at radius 2 is 1.77 bits per heavy atom. The molecule has 6 nitrogen and oxygen atoms in total. The van der Waals surface area contributed by atoms with E-state index in [-0.39, 0.29) is 6.54 Å². The molecule has 2 aromatic carbocycles. The second-order valence-electron chi connectivity index (χ2n) is 7.01. The monoisotopic (exact) mass is 415 g/mol. The number of para-hydroxylation sites is 1. The van der Waals surface area contributed by atoms with E-state index in [1.165, 1.54) is 19.1 Å². The number of aromatic nitrogens is 1. The number of nitrogens with one attached hydrogen (secondary N) is 1. The predicted octanol–water partition coefficient (Wildman–Crippen LogP) is 4.10. The van der Waals surface area contributed by atoms with E-state index in [2.05, 4.69) is 15.0 Å². The molecule has 1 saturated heterocycles. The van der Waals surface area contributed by atoms with Crippen molar-refractivity contribution in [3.63, 3.8) is 0 Å². The molecular formula is C21H16F3N3O3. The number of alkyl halides is 3. The van der Waals surface area contributed by atoms with E-state index in [9.17, 15) is 22.8 Å². The van der Waals surface area contributed by atoms with Crippen LogP contribution in [0.25, 0.3) is 10.9 Å². The van der Waals surface area contributed by atoms with Gasteiger partial charge in [-0.15, -0.1) is 13.2 Å². The molecule has 3 amide bonds. The minimum atomic E-state index is -4.81. The zero-order valence-corrected chi connectivity index (χ0v) is 15.7. The maximum atomic E-state index is 13.1. The van der Waals surface area contributed by atoms with E-state index in [1.807, 2.05) is 18.2 Å². The molecule has 4 rings (SSSR count). The molecule has 1 atom stereocenters. The molecule has 1 fully saturated rings. The number of carbonyl (C=O) groups excluding carboxylic acids is 2. The van der Waals surface area contributed by atoms with Crippen LogP contribution in [0.1, 0.15) is 18.1 Å². The highest BCUT2D eigenvalue weighted by molar-refractivity contribution is 6.07. The van der Waals surface area contributed by atoms with Crippen LogP contribution in [0, 0.1) is 0 Å². The number of hydrogen-bond acceptors (Lipinski definition) is 4.